The fraction of sp³-hybridized carbons (Fsp3) is 0.400. The summed E-state index contributed by atoms with van der Waals surface area (Å²) in [5, 5.41) is 3.19. The van der Waals surface area contributed by atoms with E-state index in [1.165, 1.54) is 4.90 Å². The zero-order valence-electron chi connectivity index (χ0n) is 11.8. The van der Waals surface area contributed by atoms with Gasteiger partial charge < -0.3 is 10.1 Å². The smallest absolute Gasteiger partial charge is 0.246 e. The van der Waals surface area contributed by atoms with E-state index in [0.717, 1.165) is 12.8 Å². The minimum absolute atomic E-state index is 0.0485. The Labute approximate surface area is 138 Å². The maximum Gasteiger partial charge on any atom is 0.246 e. The van der Waals surface area contributed by atoms with Crippen LogP contribution >= 0.6 is 23.8 Å². The molecule has 2 saturated heterocycles. The molecule has 0 aliphatic carbocycles. The zero-order valence-corrected chi connectivity index (χ0v) is 13.3. The first-order valence-corrected chi connectivity index (χ1v) is 7.91. The van der Waals surface area contributed by atoms with E-state index in [9.17, 15) is 9.59 Å². The van der Waals surface area contributed by atoms with Gasteiger partial charge >= 0.3 is 0 Å². The van der Waals surface area contributed by atoms with Crippen LogP contribution in [0.2, 0.25) is 5.02 Å². The highest BCUT2D eigenvalue weighted by Crippen LogP contribution is 2.27. The molecule has 22 heavy (non-hydrogen) atoms. The minimum Gasteiger partial charge on any atom is -0.378 e. The lowest BCUT2D eigenvalue weighted by atomic mass is 9.95. The van der Waals surface area contributed by atoms with Crippen molar-refractivity contribution in [1.29, 1.82) is 0 Å². The summed E-state index contributed by atoms with van der Waals surface area (Å²) in [6.45, 7) is 0.684. The Kier molecular flexibility index (Phi) is 4.42. The van der Waals surface area contributed by atoms with Gasteiger partial charge in [0.15, 0.2) is 5.11 Å². The predicted molar refractivity (Wildman–Crippen MR) is 86.8 cm³/mol. The average molecular weight is 339 g/mol. The van der Waals surface area contributed by atoms with Crippen molar-refractivity contribution >= 4 is 46.4 Å². The molecule has 0 spiro atoms. The Balaban J connectivity index is 1.85. The highest BCUT2D eigenvalue weighted by molar-refractivity contribution is 7.80. The van der Waals surface area contributed by atoms with Crippen LogP contribution in [0.1, 0.15) is 19.3 Å². The highest BCUT2D eigenvalue weighted by Gasteiger charge is 2.41. The molecular weight excluding hydrogens is 324 g/mol. The lowest BCUT2D eigenvalue weighted by Crippen LogP contribution is -2.58. The van der Waals surface area contributed by atoms with Crippen LogP contribution in [-0.2, 0) is 14.3 Å². The molecule has 2 aliphatic heterocycles. The third kappa shape index (κ3) is 2.99. The first-order valence-electron chi connectivity index (χ1n) is 7.12. The number of thiocarbonyl (C=S) groups is 1. The van der Waals surface area contributed by atoms with Crippen LogP contribution in [0.4, 0.5) is 5.69 Å². The van der Waals surface area contributed by atoms with E-state index in [1.807, 2.05) is 0 Å². The van der Waals surface area contributed by atoms with Crippen molar-refractivity contribution in [3.63, 3.8) is 0 Å². The molecule has 0 bridgehead atoms. The number of nitrogens with one attached hydrogen (secondary N) is 1. The van der Waals surface area contributed by atoms with Crippen molar-refractivity contribution in [3.05, 3.63) is 29.3 Å². The molecule has 7 heteroatoms. The molecule has 0 saturated carbocycles. The normalized spacial score (nSPS) is 25.5. The highest BCUT2D eigenvalue weighted by atomic mass is 35.5. The number of halogens is 1. The molecule has 2 heterocycles. The van der Waals surface area contributed by atoms with Gasteiger partial charge in [0, 0.05) is 11.6 Å². The number of anilines is 1. The lowest BCUT2D eigenvalue weighted by molar-refractivity contribution is -0.135. The first-order chi connectivity index (χ1) is 10.6. The van der Waals surface area contributed by atoms with E-state index < -0.39 is 5.92 Å². The van der Waals surface area contributed by atoms with Gasteiger partial charge in [0.1, 0.15) is 5.92 Å². The van der Waals surface area contributed by atoms with Crippen LogP contribution in [0.5, 0.6) is 0 Å². The SMILES string of the molecule is O=C1NC(=S)N(c2cccc(Cl)c2)C(=O)C1CC1CCCO1. The topological polar surface area (TPSA) is 58.6 Å². The van der Waals surface area contributed by atoms with Gasteiger partial charge in [-0.1, -0.05) is 17.7 Å². The third-order valence-electron chi connectivity index (χ3n) is 3.86. The molecule has 2 fully saturated rings. The van der Waals surface area contributed by atoms with Crippen LogP contribution < -0.4 is 10.2 Å². The predicted octanol–water partition coefficient (Wildman–Crippen LogP) is 2.27. The summed E-state index contributed by atoms with van der Waals surface area (Å²) in [7, 11) is 0. The first kappa shape index (κ1) is 15.4. The number of carbonyl (C=O) groups excluding carboxylic acids is 2. The summed E-state index contributed by atoms with van der Waals surface area (Å²) in [6, 6.07) is 6.83. The molecule has 0 radical (unpaired) electrons. The van der Waals surface area contributed by atoms with Gasteiger partial charge in [-0.05, 0) is 49.7 Å². The zero-order chi connectivity index (χ0) is 15.7. The number of nitrogens with zero attached hydrogens (tertiary/aromatic N) is 1. The molecule has 0 aromatic heterocycles. The van der Waals surface area contributed by atoms with Crippen LogP contribution in [0.3, 0.4) is 0 Å². The standard InChI is InChI=1S/C15H15ClN2O3S/c16-9-3-1-4-10(7-9)18-14(20)12(13(19)17-15(18)22)8-11-5-2-6-21-11/h1,3-4,7,11-12H,2,5-6,8H2,(H,17,19,22). The molecule has 2 amide bonds. The number of hydrogen-bond acceptors (Lipinski definition) is 4. The number of benzene rings is 1. The average Bonchev–Trinajstić information content (AvgIpc) is 2.96. The van der Waals surface area contributed by atoms with Crippen molar-refractivity contribution in [1.82, 2.24) is 5.32 Å². The number of rotatable bonds is 3. The van der Waals surface area contributed by atoms with E-state index in [-0.39, 0.29) is 23.0 Å². The second-order valence-corrected chi connectivity index (χ2v) is 6.19. The monoisotopic (exact) mass is 338 g/mol. The van der Waals surface area contributed by atoms with Gasteiger partial charge in [-0.15, -0.1) is 0 Å². The van der Waals surface area contributed by atoms with Crippen molar-refractivity contribution < 1.29 is 14.3 Å². The summed E-state index contributed by atoms with van der Waals surface area (Å²) >= 11 is 11.1. The van der Waals surface area contributed by atoms with Crippen LogP contribution in [-0.4, -0.2) is 29.6 Å². The molecule has 3 rings (SSSR count). The number of carbonyl (C=O) groups is 2. The minimum atomic E-state index is -0.784. The third-order valence-corrected chi connectivity index (χ3v) is 4.38. The Hall–Kier alpha value is -1.50. The van der Waals surface area contributed by atoms with Crippen molar-refractivity contribution in [2.24, 2.45) is 5.92 Å². The molecule has 116 valence electrons. The lowest BCUT2D eigenvalue weighted by Gasteiger charge is -2.33. The largest absolute Gasteiger partial charge is 0.378 e. The molecular formula is C15H15ClN2O3S. The molecule has 1 aromatic carbocycles. The van der Waals surface area contributed by atoms with Crippen LogP contribution in [0.25, 0.3) is 0 Å². The number of ether oxygens (including phenoxy) is 1. The van der Waals surface area contributed by atoms with E-state index in [2.05, 4.69) is 5.32 Å². The van der Waals surface area contributed by atoms with Crippen LogP contribution in [0.15, 0.2) is 24.3 Å². The maximum atomic E-state index is 12.7. The van der Waals surface area contributed by atoms with Gasteiger partial charge in [0.25, 0.3) is 0 Å². The summed E-state index contributed by atoms with van der Waals surface area (Å²) in [5.74, 6) is -1.47. The molecule has 2 aliphatic rings. The van der Waals surface area contributed by atoms with Crippen LogP contribution in [0, 0.1) is 5.92 Å². The summed E-state index contributed by atoms with van der Waals surface area (Å²) in [6.07, 6.45) is 2.17. The maximum absolute atomic E-state index is 12.7. The summed E-state index contributed by atoms with van der Waals surface area (Å²) < 4.78 is 5.53. The van der Waals surface area contributed by atoms with Gasteiger partial charge in [0.05, 0.1) is 11.8 Å². The van der Waals surface area contributed by atoms with Gasteiger partial charge in [-0.25, -0.2) is 0 Å². The van der Waals surface area contributed by atoms with Crippen molar-refractivity contribution in [3.8, 4) is 0 Å². The van der Waals surface area contributed by atoms with E-state index >= 15 is 0 Å². The van der Waals surface area contributed by atoms with Crippen molar-refractivity contribution in [2.75, 3.05) is 11.5 Å². The quantitative estimate of drug-likeness (QED) is 0.678. The Morgan fingerprint density at radius 2 is 2.23 bits per heavy atom. The fourth-order valence-electron chi connectivity index (χ4n) is 2.78. The molecule has 5 nitrogen and oxygen atoms in total. The Morgan fingerprint density at radius 1 is 1.41 bits per heavy atom. The molecule has 2 unspecified atom stereocenters. The Morgan fingerprint density at radius 3 is 2.91 bits per heavy atom. The molecule has 1 N–H and O–H groups in total. The Bertz CT molecular complexity index is 631. The summed E-state index contributed by atoms with van der Waals surface area (Å²) in [5.41, 5.74) is 0.555. The van der Waals surface area contributed by atoms with Gasteiger partial charge in [-0.3, -0.25) is 14.5 Å². The molecule has 2 atom stereocenters. The second-order valence-electron chi connectivity index (χ2n) is 5.37. The van der Waals surface area contributed by atoms with Gasteiger partial charge in [0.2, 0.25) is 11.8 Å². The number of hydrogen-bond donors (Lipinski definition) is 1. The summed E-state index contributed by atoms with van der Waals surface area (Å²) in [4.78, 5) is 26.2. The van der Waals surface area contributed by atoms with E-state index in [4.69, 9.17) is 28.6 Å². The van der Waals surface area contributed by atoms with Gasteiger partial charge in [-0.2, -0.15) is 0 Å². The fourth-order valence-corrected chi connectivity index (χ4v) is 3.26. The second kappa shape index (κ2) is 6.32. The molecule has 1 aromatic rings. The van der Waals surface area contributed by atoms with Crippen molar-refractivity contribution in [2.45, 2.75) is 25.4 Å². The van der Waals surface area contributed by atoms with E-state index in [0.29, 0.717) is 23.7 Å². The number of amides is 2. The van der Waals surface area contributed by atoms with E-state index in [1.54, 1.807) is 24.3 Å².